The Balaban J connectivity index is 2.08. The number of para-hydroxylation sites is 1. The number of ether oxygens (including phenoxy) is 1. The largest absolute Gasteiger partial charge is 0.496 e. The first-order valence-electron chi connectivity index (χ1n) is 7.63. The van der Waals surface area contributed by atoms with E-state index in [0.717, 1.165) is 37.5 Å². The Bertz CT molecular complexity index is 626. The molecule has 116 valence electrons. The van der Waals surface area contributed by atoms with Crippen LogP contribution in [0, 0.1) is 5.82 Å². The summed E-state index contributed by atoms with van der Waals surface area (Å²) in [4.78, 5) is 2.31. The van der Waals surface area contributed by atoms with E-state index in [0.29, 0.717) is 5.56 Å². The summed E-state index contributed by atoms with van der Waals surface area (Å²) in [6.45, 7) is 3.61. The number of halogens is 1. The topological polar surface area (TPSA) is 24.5 Å². The van der Waals surface area contributed by atoms with Gasteiger partial charge in [-0.1, -0.05) is 36.4 Å². The van der Waals surface area contributed by atoms with Crippen LogP contribution >= 0.6 is 0 Å². The van der Waals surface area contributed by atoms with Crippen LogP contribution in [0.5, 0.6) is 5.75 Å². The van der Waals surface area contributed by atoms with Gasteiger partial charge in [0, 0.05) is 37.3 Å². The van der Waals surface area contributed by atoms with Gasteiger partial charge in [0.25, 0.3) is 0 Å². The molecule has 1 atom stereocenters. The van der Waals surface area contributed by atoms with E-state index in [1.165, 1.54) is 6.07 Å². The minimum atomic E-state index is -0.170. The molecule has 0 bridgehead atoms. The molecule has 1 unspecified atom stereocenters. The van der Waals surface area contributed by atoms with Crippen LogP contribution in [-0.4, -0.2) is 38.2 Å². The predicted molar refractivity (Wildman–Crippen MR) is 85.7 cm³/mol. The zero-order chi connectivity index (χ0) is 15.4. The lowest BCUT2D eigenvalue weighted by Gasteiger charge is -2.36. The normalized spacial score (nSPS) is 17.2. The Morgan fingerprint density at radius 1 is 1.00 bits per heavy atom. The van der Waals surface area contributed by atoms with Crippen LogP contribution in [0.15, 0.2) is 48.5 Å². The molecule has 2 aromatic rings. The minimum absolute atomic E-state index is 0.126. The van der Waals surface area contributed by atoms with Gasteiger partial charge in [0.1, 0.15) is 11.6 Å². The minimum Gasteiger partial charge on any atom is -0.496 e. The van der Waals surface area contributed by atoms with Gasteiger partial charge in [-0.3, -0.25) is 4.90 Å². The molecule has 1 aliphatic heterocycles. The van der Waals surface area contributed by atoms with E-state index < -0.39 is 0 Å². The van der Waals surface area contributed by atoms with Crippen molar-refractivity contribution in [2.75, 3.05) is 33.3 Å². The van der Waals surface area contributed by atoms with Crippen molar-refractivity contribution in [2.45, 2.75) is 6.04 Å². The van der Waals surface area contributed by atoms with Crippen LogP contribution in [0.2, 0.25) is 0 Å². The molecule has 1 N–H and O–H groups in total. The second-order valence-corrected chi connectivity index (χ2v) is 5.45. The van der Waals surface area contributed by atoms with Gasteiger partial charge in [0.2, 0.25) is 0 Å². The van der Waals surface area contributed by atoms with Crippen molar-refractivity contribution < 1.29 is 9.13 Å². The van der Waals surface area contributed by atoms with E-state index in [2.05, 4.69) is 10.2 Å². The third-order valence-corrected chi connectivity index (χ3v) is 4.15. The molecule has 4 heteroatoms. The predicted octanol–water partition coefficient (Wildman–Crippen LogP) is 2.83. The van der Waals surface area contributed by atoms with E-state index >= 15 is 0 Å². The van der Waals surface area contributed by atoms with Gasteiger partial charge in [0.15, 0.2) is 0 Å². The highest BCUT2D eigenvalue weighted by atomic mass is 19.1. The van der Waals surface area contributed by atoms with Gasteiger partial charge < -0.3 is 10.1 Å². The summed E-state index contributed by atoms with van der Waals surface area (Å²) in [6.07, 6.45) is 0. The lowest BCUT2D eigenvalue weighted by molar-refractivity contribution is 0.192. The standard InChI is InChI=1S/C18H21FN2O/c1-22-17-9-5-3-7-15(17)18(21-12-10-20-11-13-21)14-6-2-4-8-16(14)19/h2-9,18,20H,10-13H2,1H3. The SMILES string of the molecule is COc1ccccc1C(c1ccccc1F)N1CCNCC1. The Labute approximate surface area is 130 Å². The summed E-state index contributed by atoms with van der Waals surface area (Å²) in [5.41, 5.74) is 1.71. The number of benzene rings is 2. The molecule has 1 fully saturated rings. The van der Waals surface area contributed by atoms with E-state index in [1.807, 2.05) is 36.4 Å². The van der Waals surface area contributed by atoms with Crippen molar-refractivity contribution in [3.05, 3.63) is 65.5 Å². The molecular weight excluding hydrogens is 279 g/mol. The molecule has 0 aliphatic carbocycles. The Hall–Kier alpha value is -1.91. The number of nitrogens with zero attached hydrogens (tertiary/aromatic N) is 1. The molecule has 0 aromatic heterocycles. The average Bonchev–Trinajstić information content (AvgIpc) is 2.58. The van der Waals surface area contributed by atoms with Crippen molar-refractivity contribution in [2.24, 2.45) is 0 Å². The van der Waals surface area contributed by atoms with Crippen molar-refractivity contribution in [1.29, 1.82) is 0 Å². The van der Waals surface area contributed by atoms with E-state index in [1.54, 1.807) is 13.2 Å². The van der Waals surface area contributed by atoms with Crippen LogP contribution in [0.25, 0.3) is 0 Å². The van der Waals surface area contributed by atoms with Crippen LogP contribution in [0.1, 0.15) is 17.2 Å². The number of piperazine rings is 1. The van der Waals surface area contributed by atoms with Crippen LogP contribution in [0.3, 0.4) is 0 Å². The fourth-order valence-corrected chi connectivity index (χ4v) is 3.09. The van der Waals surface area contributed by atoms with Gasteiger partial charge in [0.05, 0.1) is 13.2 Å². The molecule has 3 nitrogen and oxygen atoms in total. The van der Waals surface area contributed by atoms with E-state index in [4.69, 9.17) is 4.74 Å². The van der Waals surface area contributed by atoms with Crippen LogP contribution < -0.4 is 10.1 Å². The van der Waals surface area contributed by atoms with Crippen molar-refractivity contribution >= 4 is 0 Å². The lowest BCUT2D eigenvalue weighted by Crippen LogP contribution is -2.45. The molecule has 0 saturated carbocycles. The molecule has 2 aromatic carbocycles. The fourth-order valence-electron chi connectivity index (χ4n) is 3.09. The lowest BCUT2D eigenvalue weighted by atomic mass is 9.95. The molecular formula is C18H21FN2O. The highest BCUT2D eigenvalue weighted by molar-refractivity contribution is 5.42. The molecule has 22 heavy (non-hydrogen) atoms. The van der Waals surface area contributed by atoms with Crippen LogP contribution in [0.4, 0.5) is 4.39 Å². The summed E-state index contributed by atoms with van der Waals surface area (Å²) < 4.78 is 19.9. The van der Waals surface area contributed by atoms with Gasteiger partial charge in [-0.25, -0.2) is 4.39 Å². The maximum absolute atomic E-state index is 14.4. The van der Waals surface area contributed by atoms with Crippen molar-refractivity contribution in [3.8, 4) is 5.75 Å². The zero-order valence-electron chi connectivity index (χ0n) is 12.8. The number of hydrogen-bond acceptors (Lipinski definition) is 3. The van der Waals surface area contributed by atoms with Gasteiger partial charge in [-0.15, -0.1) is 0 Å². The van der Waals surface area contributed by atoms with Crippen molar-refractivity contribution in [3.63, 3.8) is 0 Å². The summed E-state index contributed by atoms with van der Waals surface area (Å²) >= 11 is 0. The maximum Gasteiger partial charge on any atom is 0.128 e. The summed E-state index contributed by atoms with van der Waals surface area (Å²) in [5.74, 6) is 0.631. The smallest absolute Gasteiger partial charge is 0.128 e. The summed E-state index contributed by atoms with van der Waals surface area (Å²) in [7, 11) is 1.66. The molecule has 1 aliphatic rings. The Kier molecular flexibility index (Phi) is 4.71. The second kappa shape index (κ2) is 6.90. The highest BCUT2D eigenvalue weighted by Gasteiger charge is 2.28. The summed E-state index contributed by atoms with van der Waals surface area (Å²) in [5, 5.41) is 3.35. The maximum atomic E-state index is 14.4. The molecule has 0 radical (unpaired) electrons. The Morgan fingerprint density at radius 2 is 1.64 bits per heavy atom. The number of rotatable bonds is 4. The van der Waals surface area contributed by atoms with Gasteiger partial charge >= 0.3 is 0 Å². The number of hydrogen-bond donors (Lipinski definition) is 1. The monoisotopic (exact) mass is 300 g/mol. The second-order valence-electron chi connectivity index (χ2n) is 5.45. The van der Waals surface area contributed by atoms with Crippen LogP contribution in [-0.2, 0) is 0 Å². The zero-order valence-corrected chi connectivity index (χ0v) is 12.8. The third kappa shape index (κ3) is 2.98. The first kappa shape index (κ1) is 15.0. The average molecular weight is 300 g/mol. The third-order valence-electron chi connectivity index (χ3n) is 4.15. The van der Waals surface area contributed by atoms with Gasteiger partial charge in [-0.2, -0.15) is 0 Å². The molecule has 1 heterocycles. The van der Waals surface area contributed by atoms with E-state index in [-0.39, 0.29) is 11.9 Å². The molecule has 0 spiro atoms. The van der Waals surface area contributed by atoms with E-state index in [9.17, 15) is 4.39 Å². The fraction of sp³-hybridized carbons (Fsp3) is 0.333. The number of methoxy groups -OCH3 is 1. The quantitative estimate of drug-likeness (QED) is 0.939. The molecule has 3 rings (SSSR count). The first-order valence-corrected chi connectivity index (χ1v) is 7.63. The molecule has 0 amide bonds. The van der Waals surface area contributed by atoms with Gasteiger partial charge in [-0.05, 0) is 12.1 Å². The van der Waals surface area contributed by atoms with Crippen molar-refractivity contribution in [1.82, 2.24) is 10.2 Å². The molecule has 1 saturated heterocycles. The first-order chi connectivity index (χ1) is 10.8. The number of nitrogens with one attached hydrogen (secondary N) is 1. The summed E-state index contributed by atoms with van der Waals surface area (Å²) in [6, 6.07) is 14.8. The highest BCUT2D eigenvalue weighted by Crippen LogP contribution is 2.35. The Morgan fingerprint density at radius 3 is 2.32 bits per heavy atom.